The molecular formula is C10H6FNO4. The predicted octanol–water partition coefficient (Wildman–Crippen LogP) is 0.628. The van der Waals surface area contributed by atoms with Gasteiger partial charge in [-0.2, -0.15) is 5.26 Å². The molecule has 0 spiro atoms. The summed E-state index contributed by atoms with van der Waals surface area (Å²) in [7, 11) is 0. The number of benzene rings is 1. The second-order valence-corrected chi connectivity index (χ2v) is 2.93. The Morgan fingerprint density at radius 3 is 2.62 bits per heavy atom. The number of nitrogens with zero attached hydrogens (tertiary/aromatic N) is 1. The van der Waals surface area contributed by atoms with Crippen LogP contribution in [-0.4, -0.2) is 22.5 Å². The zero-order valence-corrected chi connectivity index (χ0v) is 7.85. The lowest BCUT2D eigenvalue weighted by atomic mass is 10.0. The van der Waals surface area contributed by atoms with E-state index in [0.29, 0.717) is 6.07 Å². The molecule has 0 aromatic heterocycles. The fourth-order valence-electron chi connectivity index (χ4n) is 1.16. The van der Waals surface area contributed by atoms with E-state index >= 15 is 0 Å². The molecule has 1 aromatic rings. The van der Waals surface area contributed by atoms with E-state index < -0.39 is 17.9 Å². The molecule has 1 rings (SSSR count). The zero-order chi connectivity index (χ0) is 12.3. The number of halogens is 1. The largest absolute Gasteiger partial charge is 0.479 e. The zero-order valence-electron chi connectivity index (χ0n) is 7.85. The molecule has 82 valence electrons. The highest BCUT2D eigenvalue weighted by molar-refractivity contribution is 5.83. The molecule has 0 saturated heterocycles. The molecule has 0 radical (unpaired) electrons. The van der Waals surface area contributed by atoms with Gasteiger partial charge in [-0.25, -0.2) is 9.18 Å². The van der Waals surface area contributed by atoms with Gasteiger partial charge in [0.25, 0.3) is 0 Å². The summed E-state index contributed by atoms with van der Waals surface area (Å²) in [5, 5.41) is 26.2. The van der Waals surface area contributed by atoms with Gasteiger partial charge in [-0.05, 0) is 12.1 Å². The predicted molar refractivity (Wildman–Crippen MR) is 49.1 cm³/mol. The number of rotatable bonds is 3. The molecule has 1 aromatic carbocycles. The Hall–Kier alpha value is -2.26. The van der Waals surface area contributed by atoms with Crippen molar-refractivity contribution in [3.05, 3.63) is 34.6 Å². The van der Waals surface area contributed by atoms with Gasteiger partial charge in [-0.1, -0.05) is 0 Å². The van der Waals surface area contributed by atoms with Gasteiger partial charge in [0, 0.05) is 11.1 Å². The van der Waals surface area contributed by atoms with Crippen LogP contribution in [0.3, 0.4) is 0 Å². The van der Waals surface area contributed by atoms with Crippen LogP contribution in [0.5, 0.6) is 0 Å². The second kappa shape index (κ2) is 4.51. The molecule has 0 fully saturated rings. The Balaban J connectivity index is 3.41. The summed E-state index contributed by atoms with van der Waals surface area (Å²) in [6, 6.07) is 3.06. The number of carbonyl (C=O) groups is 2. The van der Waals surface area contributed by atoms with Crippen LogP contribution in [0.15, 0.2) is 12.1 Å². The summed E-state index contributed by atoms with van der Waals surface area (Å²) >= 11 is 0. The lowest BCUT2D eigenvalue weighted by Gasteiger charge is -2.09. The molecule has 6 heteroatoms. The standard InChI is InChI=1S/C10H6FNO4/c11-8-2-7(9(14)10(15)16)6(4-13)1-5(8)3-12/h1-2,4,9,14H,(H,15,16). The molecule has 1 atom stereocenters. The minimum atomic E-state index is -2.00. The quantitative estimate of drug-likeness (QED) is 0.732. The summed E-state index contributed by atoms with van der Waals surface area (Å²) in [6.07, 6.45) is -1.75. The number of aldehydes is 1. The van der Waals surface area contributed by atoms with E-state index in [1.165, 1.54) is 6.07 Å². The number of hydrogen-bond donors (Lipinski definition) is 2. The van der Waals surface area contributed by atoms with Crippen molar-refractivity contribution in [3.63, 3.8) is 0 Å². The molecule has 0 bridgehead atoms. The molecule has 0 aliphatic heterocycles. The number of hydrogen-bond acceptors (Lipinski definition) is 4. The molecule has 0 amide bonds. The van der Waals surface area contributed by atoms with Gasteiger partial charge >= 0.3 is 5.97 Å². The van der Waals surface area contributed by atoms with Gasteiger partial charge in [0.05, 0.1) is 5.56 Å². The number of carboxylic acids is 1. The number of carbonyl (C=O) groups excluding carboxylic acids is 1. The molecule has 0 heterocycles. The average Bonchev–Trinajstić information content (AvgIpc) is 2.27. The first-order valence-corrected chi connectivity index (χ1v) is 4.10. The minimum absolute atomic E-state index is 0.229. The second-order valence-electron chi connectivity index (χ2n) is 2.93. The number of aliphatic hydroxyl groups is 1. The van der Waals surface area contributed by atoms with Gasteiger partial charge in [0.15, 0.2) is 6.10 Å². The Morgan fingerprint density at radius 1 is 1.56 bits per heavy atom. The van der Waals surface area contributed by atoms with Crippen molar-refractivity contribution >= 4 is 12.3 Å². The highest BCUT2D eigenvalue weighted by atomic mass is 19.1. The molecule has 5 nitrogen and oxygen atoms in total. The van der Waals surface area contributed by atoms with Crippen LogP contribution < -0.4 is 0 Å². The first kappa shape index (κ1) is 11.8. The van der Waals surface area contributed by atoms with Crippen LogP contribution >= 0.6 is 0 Å². The van der Waals surface area contributed by atoms with E-state index in [4.69, 9.17) is 10.4 Å². The minimum Gasteiger partial charge on any atom is -0.479 e. The maximum absolute atomic E-state index is 13.1. The van der Waals surface area contributed by atoms with Crippen LogP contribution in [-0.2, 0) is 4.79 Å². The SMILES string of the molecule is N#Cc1cc(C=O)c(C(O)C(=O)O)cc1F. The van der Waals surface area contributed by atoms with E-state index in [1.54, 1.807) is 0 Å². The van der Waals surface area contributed by atoms with Crippen LogP contribution in [0, 0.1) is 17.1 Å². The van der Waals surface area contributed by atoms with Crippen molar-refractivity contribution < 1.29 is 24.2 Å². The summed E-state index contributed by atoms with van der Waals surface area (Å²) < 4.78 is 13.1. The van der Waals surface area contributed by atoms with Crippen molar-refractivity contribution in [2.75, 3.05) is 0 Å². The molecule has 2 N–H and O–H groups in total. The lowest BCUT2D eigenvalue weighted by molar-refractivity contribution is -0.146. The molecule has 1 unspecified atom stereocenters. The topological polar surface area (TPSA) is 98.4 Å². The van der Waals surface area contributed by atoms with Gasteiger partial charge in [0.2, 0.25) is 0 Å². The maximum atomic E-state index is 13.1. The normalized spacial score (nSPS) is 11.6. The van der Waals surface area contributed by atoms with E-state index in [-0.39, 0.29) is 23.0 Å². The van der Waals surface area contributed by atoms with E-state index in [1.807, 2.05) is 0 Å². The Labute approximate surface area is 89.4 Å². The van der Waals surface area contributed by atoms with Gasteiger partial charge in [-0.15, -0.1) is 0 Å². The highest BCUT2D eigenvalue weighted by Gasteiger charge is 2.21. The monoisotopic (exact) mass is 223 g/mol. The Kier molecular flexibility index (Phi) is 3.33. The van der Waals surface area contributed by atoms with E-state index in [9.17, 15) is 19.1 Å². The molecule has 0 aliphatic rings. The number of carboxylic acid groups (broad SMARTS) is 1. The van der Waals surface area contributed by atoms with Crippen molar-refractivity contribution in [2.45, 2.75) is 6.10 Å². The van der Waals surface area contributed by atoms with Crippen LogP contribution in [0.1, 0.15) is 27.6 Å². The van der Waals surface area contributed by atoms with Gasteiger partial charge < -0.3 is 10.2 Å². The smallest absolute Gasteiger partial charge is 0.337 e. The maximum Gasteiger partial charge on any atom is 0.337 e. The van der Waals surface area contributed by atoms with Crippen LogP contribution in [0.25, 0.3) is 0 Å². The fraction of sp³-hybridized carbons (Fsp3) is 0.100. The summed E-state index contributed by atoms with van der Waals surface area (Å²) in [5.41, 5.74) is -0.990. The van der Waals surface area contributed by atoms with Crippen molar-refractivity contribution in [3.8, 4) is 6.07 Å². The van der Waals surface area contributed by atoms with Crippen LogP contribution in [0.2, 0.25) is 0 Å². The van der Waals surface area contributed by atoms with E-state index in [2.05, 4.69) is 0 Å². The summed E-state index contributed by atoms with van der Waals surface area (Å²) in [5.74, 6) is -2.59. The third-order valence-corrected chi connectivity index (χ3v) is 1.95. The third-order valence-electron chi connectivity index (χ3n) is 1.95. The summed E-state index contributed by atoms with van der Waals surface area (Å²) in [6.45, 7) is 0. The summed E-state index contributed by atoms with van der Waals surface area (Å²) in [4.78, 5) is 21.1. The molecule has 0 aliphatic carbocycles. The number of nitriles is 1. The third kappa shape index (κ3) is 2.04. The molecule has 0 saturated carbocycles. The van der Waals surface area contributed by atoms with Crippen molar-refractivity contribution in [2.24, 2.45) is 0 Å². The van der Waals surface area contributed by atoms with E-state index in [0.717, 1.165) is 6.07 Å². The van der Waals surface area contributed by atoms with Gasteiger partial charge in [0.1, 0.15) is 18.2 Å². The first-order chi connectivity index (χ1) is 7.51. The van der Waals surface area contributed by atoms with Crippen molar-refractivity contribution in [1.29, 1.82) is 5.26 Å². The lowest BCUT2D eigenvalue weighted by Crippen LogP contribution is -2.13. The fourth-order valence-corrected chi connectivity index (χ4v) is 1.16. The van der Waals surface area contributed by atoms with Gasteiger partial charge in [-0.3, -0.25) is 4.79 Å². The number of aliphatic hydroxyl groups excluding tert-OH is 1. The van der Waals surface area contributed by atoms with Crippen LogP contribution in [0.4, 0.5) is 4.39 Å². The highest BCUT2D eigenvalue weighted by Crippen LogP contribution is 2.21. The Bertz CT molecular complexity index is 492. The number of aliphatic carboxylic acids is 1. The molecule has 16 heavy (non-hydrogen) atoms. The Morgan fingerprint density at radius 2 is 2.19 bits per heavy atom. The average molecular weight is 223 g/mol. The first-order valence-electron chi connectivity index (χ1n) is 4.10. The molecular weight excluding hydrogens is 217 g/mol. The van der Waals surface area contributed by atoms with Crippen molar-refractivity contribution in [1.82, 2.24) is 0 Å².